The summed E-state index contributed by atoms with van der Waals surface area (Å²) in [5.74, 6) is 0.368. The van der Waals surface area contributed by atoms with Gasteiger partial charge in [-0.3, -0.25) is 9.59 Å². The van der Waals surface area contributed by atoms with Crippen LogP contribution in [0.4, 0.5) is 5.82 Å². The number of rotatable bonds is 3. The Kier molecular flexibility index (Phi) is 4.61. The second-order valence-electron chi connectivity index (χ2n) is 8.05. The van der Waals surface area contributed by atoms with Crippen LogP contribution in [0.2, 0.25) is 0 Å². The minimum Gasteiger partial charge on any atom is -0.359 e. The van der Waals surface area contributed by atoms with Gasteiger partial charge >= 0.3 is 0 Å². The van der Waals surface area contributed by atoms with Crippen molar-refractivity contribution in [1.29, 1.82) is 5.26 Å². The Bertz CT molecular complexity index is 771. The zero-order chi connectivity index (χ0) is 19.1. The molecule has 1 aromatic heterocycles. The molecule has 0 aromatic carbocycles. The smallest absolute Gasteiger partial charge is 0.225 e. The Balaban J connectivity index is 1.71. The molecule has 1 atom stereocenters. The lowest BCUT2D eigenvalue weighted by Crippen LogP contribution is -2.60. The van der Waals surface area contributed by atoms with E-state index < -0.39 is 0 Å². The van der Waals surface area contributed by atoms with Crippen LogP contribution in [-0.4, -0.2) is 54.4 Å². The van der Waals surface area contributed by atoms with Crippen LogP contribution < -0.4 is 10.2 Å². The fourth-order valence-corrected chi connectivity index (χ4v) is 3.48. The van der Waals surface area contributed by atoms with Crippen LogP contribution in [0.25, 0.3) is 0 Å². The number of carbonyl (C=O) groups excluding carboxylic acids is 2. The van der Waals surface area contributed by atoms with Gasteiger partial charge in [-0.2, -0.15) is 5.26 Å². The lowest BCUT2D eigenvalue weighted by atomic mass is 9.91. The van der Waals surface area contributed by atoms with Crippen LogP contribution in [0.3, 0.4) is 0 Å². The third kappa shape index (κ3) is 3.24. The van der Waals surface area contributed by atoms with Gasteiger partial charge in [-0.05, 0) is 12.1 Å². The zero-order valence-corrected chi connectivity index (χ0v) is 15.7. The lowest BCUT2D eigenvalue weighted by Gasteiger charge is -2.45. The third-order valence-electron chi connectivity index (χ3n) is 5.14. The number of amides is 2. The number of carbonyl (C=O) groups is 2. The van der Waals surface area contributed by atoms with Crippen molar-refractivity contribution in [2.75, 3.05) is 31.6 Å². The van der Waals surface area contributed by atoms with E-state index >= 15 is 0 Å². The van der Waals surface area contributed by atoms with Gasteiger partial charge in [0.1, 0.15) is 11.9 Å². The van der Waals surface area contributed by atoms with Gasteiger partial charge in [0.2, 0.25) is 11.8 Å². The van der Waals surface area contributed by atoms with Crippen LogP contribution in [0, 0.1) is 17.2 Å². The minimum absolute atomic E-state index is 0.0279. The molecule has 1 aromatic rings. The highest BCUT2D eigenvalue weighted by Crippen LogP contribution is 2.31. The molecule has 2 fully saturated rings. The predicted octanol–water partition coefficient (Wildman–Crippen LogP) is 1.03. The Morgan fingerprint density at radius 2 is 2.00 bits per heavy atom. The second kappa shape index (κ2) is 6.60. The minimum atomic E-state index is -0.265. The summed E-state index contributed by atoms with van der Waals surface area (Å²) in [4.78, 5) is 32.6. The van der Waals surface area contributed by atoms with E-state index in [9.17, 15) is 14.9 Å². The topological polar surface area (TPSA) is 89.3 Å². The number of anilines is 1. The molecule has 7 heteroatoms. The Hall–Kier alpha value is -2.62. The van der Waals surface area contributed by atoms with Crippen molar-refractivity contribution >= 4 is 17.6 Å². The normalized spacial score (nSPS) is 20.7. The molecule has 0 radical (unpaired) electrons. The average Bonchev–Trinajstić information content (AvgIpc) is 2.93. The number of hydrogen-bond acceptors (Lipinski definition) is 5. The number of likely N-dealkylation sites (tertiary alicyclic amines) is 1. The summed E-state index contributed by atoms with van der Waals surface area (Å²) in [6.07, 6.45) is 0.275. The molecule has 1 unspecified atom stereocenters. The summed E-state index contributed by atoms with van der Waals surface area (Å²) in [6.45, 7) is 8.02. The molecule has 0 spiro atoms. The van der Waals surface area contributed by atoms with Crippen LogP contribution in [-0.2, 0) is 15.0 Å². The molecule has 1 N–H and O–H groups in total. The van der Waals surface area contributed by atoms with E-state index in [4.69, 9.17) is 4.98 Å². The largest absolute Gasteiger partial charge is 0.359 e. The predicted molar refractivity (Wildman–Crippen MR) is 97.5 cm³/mol. The number of pyridine rings is 1. The molecule has 138 valence electrons. The molecule has 3 rings (SSSR count). The fourth-order valence-electron chi connectivity index (χ4n) is 3.48. The van der Waals surface area contributed by atoms with Crippen molar-refractivity contribution in [3.05, 3.63) is 23.4 Å². The summed E-state index contributed by atoms with van der Waals surface area (Å²) in [5.41, 5.74) is 1.39. The van der Waals surface area contributed by atoms with Gasteiger partial charge in [0, 0.05) is 44.2 Å². The quantitative estimate of drug-likeness (QED) is 0.875. The van der Waals surface area contributed by atoms with Crippen LogP contribution in [0.5, 0.6) is 0 Å². The van der Waals surface area contributed by atoms with Crippen molar-refractivity contribution in [1.82, 2.24) is 15.2 Å². The summed E-state index contributed by atoms with van der Waals surface area (Å²) in [5, 5.41) is 12.0. The number of nitrogens with zero attached hydrogens (tertiary/aromatic N) is 4. The maximum absolute atomic E-state index is 12.3. The summed E-state index contributed by atoms with van der Waals surface area (Å²) in [6, 6.07) is 6.00. The van der Waals surface area contributed by atoms with Crippen molar-refractivity contribution in [2.24, 2.45) is 5.92 Å². The third-order valence-corrected chi connectivity index (χ3v) is 5.14. The second-order valence-corrected chi connectivity index (χ2v) is 8.05. The van der Waals surface area contributed by atoms with E-state index in [0.717, 1.165) is 5.69 Å². The zero-order valence-electron chi connectivity index (χ0n) is 15.7. The van der Waals surface area contributed by atoms with E-state index in [-0.39, 0.29) is 35.6 Å². The highest BCUT2D eigenvalue weighted by Gasteiger charge is 2.42. The molecule has 3 heterocycles. The monoisotopic (exact) mass is 355 g/mol. The van der Waals surface area contributed by atoms with E-state index in [1.165, 1.54) is 0 Å². The summed E-state index contributed by atoms with van der Waals surface area (Å²) < 4.78 is 0. The lowest BCUT2D eigenvalue weighted by molar-refractivity contribution is -0.130. The average molecular weight is 355 g/mol. The number of aromatic nitrogens is 1. The summed E-state index contributed by atoms with van der Waals surface area (Å²) in [7, 11) is 1.60. The Morgan fingerprint density at radius 1 is 1.31 bits per heavy atom. The van der Waals surface area contributed by atoms with Gasteiger partial charge in [-0.25, -0.2) is 4.98 Å². The SMILES string of the molecule is CNC(=O)C1CC(=O)N(C2CN(c3nc(C(C)(C)C)ccc3C#N)C2)C1. The Morgan fingerprint density at radius 3 is 2.58 bits per heavy atom. The van der Waals surface area contributed by atoms with Crippen LogP contribution in [0.15, 0.2) is 12.1 Å². The molecule has 0 bridgehead atoms. The van der Waals surface area contributed by atoms with E-state index in [1.807, 2.05) is 17.0 Å². The van der Waals surface area contributed by atoms with Crippen molar-refractivity contribution in [3.8, 4) is 6.07 Å². The van der Waals surface area contributed by atoms with Crippen LogP contribution in [0.1, 0.15) is 38.4 Å². The van der Waals surface area contributed by atoms with Gasteiger partial charge in [0.25, 0.3) is 0 Å². The maximum Gasteiger partial charge on any atom is 0.225 e. The first kappa shape index (κ1) is 18.2. The van der Waals surface area contributed by atoms with Gasteiger partial charge in [-0.15, -0.1) is 0 Å². The van der Waals surface area contributed by atoms with Crippen molar-refractivity contribution in [3.63, 3.8) is 0 Å². The molecule has 7 nitrogen and oxygen atoms in total. The molecular formula is C19H25N5O2. The van der Waals surface area contributed by atoms with Gasteiger partial charge in [-0.1, -0.05) is 20.8 Å². The van der Waals surface area contributed by atoms with Crippen LogP contribution >= 0.6 is 0 Å². The highest BCUT2D eigenvalue weighted by molar-refractivity contribution is 5.89. The first-order valence-electron chi connectivity index (χ1n) is 8.92. The fraction of sp³-hybridized carbons (Fsp3) is 0.579. The molecule has 2 amide bonds. The molecule has 2 aliphatic rings. The molecule has 0 aliphatic carbocycles. The molecule has 2 saturated heterocycles. The first-order chi connectivity index (χ1) is 12.2. The van der Waals surface area contributed by atoms with E-state index in [1.54, 1.807) is 11.9 Å². The standard InChI is InChI=1S/C19H25N5O2/c1-19(2,3)15-6-5-12(8-20)17(22-15)23-10-14(11-23)24-9-13(7-16(24)25)18(26)21-4/h5-6,13-14H,7,9-11H2,1-4H3,(H,21,26). The maximum atomic E-state index is 12.3. The molecule has 2 aliphatic heterocycles. The van der Waals surface area contributed by atoms with E-state index in [0.29, 0.717) is 31.0 Å². The highest BCUT2D eigenvalue weighted by atomic mass is 16.2. The first-order valence-corrected chi connectivity index (χ1v) is 8.92. The van der Waals surface area contributed by atoms with Gasteiger partial charge in [0.05, 0.1) is 17.5 Å². The number of nitrogens with one attached hydrogen (secondary N) is 1. The van der Waals surface area contributed by atoms with Gasteiger partial charge in [0.15, 0.2) is 0 Å². The number of hydrogen-bond donors (Lipinski definition) is 1. The van der Waals surface area contributed by atoms with E-state index in [2.05, 4.69) is 32.2 Å². The van der Waals surface area contributed by atoms with Crippen molar-refractivity contribution < 1.29 is 9.59 Å². The molecular weight excluding hydrogens is 330 g/mol. The number of nitriles is 1. The summed E-state index contributed by atoms with van der Waals surface area (Å²) >= 11 is 0. The Labute approximate surface area is 154 Å². The molecule has 0 saturated carbocycles. The van der Waals surface area contributed by atoms with Crippen molar-refractivity contribution in [2.45, 2.75) is 38.6 Å². The molecule has 26 heavy (non-hydrogen) atoms. The van der Waals surface area contributed by atoms with Gasteiger partial charge < -0.3 is 15.1 Å².